The van der Waals surface area contributed by atoms with Crippen molar-refractivity contribution in [2.24, 2.45) is 11.0 Å². The van der Waals surface area contributed by atoms with Crippen LogP contribution in [0.4, 0.5) is 10.5 Å². The van der Waals surface area contributed by atoms with Gasteiger partial charge in [-0.2, -0.15) is 5.10 Å². The molecule has 1 heterocycles. The third-order valence-corrected chi connectivity index (χ3v) is 4.49. The Bertz CT molecular complexity index is 988. The summed E-state index contributed by atoms with van der Waals surface area (Å²) in [4.78, 5) is 49.8. The van der Waals surface area contributed by atoms with Gasteiger partial charge in [0.2, 0.25) is 5.91 Å². The van der Waals surface area contributed by atoms with Crippen LogP contribution in [0.3, 0.4) is 0 Å². The Morgan fingerprint density at radius 1 is 1.18 bits per heavy atom. The van der Waals surface area contributed by atoms with E-state index in [1.807, 2.05) is 13.0 Å². The number of hydrogen-bond acceptors (Lipinski definition) is 5. The van der Waals surface area contributed by atoms with Crippen molar-refractivity contribution in [2.75, 3.05) is 4.90 Å². The maximum absolute atomic E-state index is 12.7. The lowest BCUT2D eigenvalue weighted by atomic mass is 10.1. The number of aryl methyl sites for hydroxylation is 1. The standard InChI is InChI=1S/C19H15BrN4O4/c1-11-3-2-4-14(9-11)24-18(27)15(17(26)22-19(24)28)10-21-23-16(25)12-5-7-13(20)8-6-12/h2-10,15H,1H3,(H,23,25)(H,22,26,28)/b21-10-/t15-/m0/s1. The van der Waals surface area contributed by atoms with Crippen LogP contribution in [0.25, 0.3) is 0 Å². The molecule has 1 saturated heterocycles. The highest BCUT2D eigenvalue weighted by atomic mass is 79.9. The number of carbonyl (C=O) groups is 4. The Balaban J connectivity index is 1.75. The second-order valence-electron chi connectivity index (χ2n) is 6.01. The number of halogens is 1. The molecule has 1 fully saturated rings. The lowest BCUT2D eigenvalue weighted by Crippen LogP contribution is -2.58. The highest BCUT2D eigenvalue weighted by molar-refractivity contribution is 9.10. The van der Waals surface area contributed by atoms with E-state index in [0.29, 0.717) is 11.3 Å². The van der Waals surface area contributed by atoms with Crippen LogP contribution < -0.4 is 15.6 Å². The van der Waals surface area contributed by atoms with E-state index in [2.05, 4.69) is 31.8 Å². The second kappa shape index (κ2) is 8.13. The predicted octanol–water partition coefficient (Wildman–Crippen LogP) is 2.37. The van der Waals surface area contributed by atoms with E-state index < -0.39 is 29.7 Å². The fraction of sp³-hybridized carbons (Fsp3) is 0.105. The maximum atomic E-state index is 12.7. The van der Waals surface area contributed by atoms with Crippen molar-refractivity contribution in [2.45, 2.75) is 6.92 Å². The topological polar surface area (TPSA) is 108 Å². The second-order valence-corrected chi connectivity index (χ2v) is 6.93. The van der Waals surface area contributed by atoms with E-state index in [0.717, 1.165) is 21.2 Å². The number of nitrogens with one attached hydrogen (secondary N) is 2. The van der Waals surface area contributed by atoms with Gasteiger partial charge in [-0.15, -0.1) is 0 Å². The summed E-state index contributed by atoms with van der Waals surface area (Å²) in [7, 11) is 0. The van der Waals surface area contributed by atoms with Gasteiger partial charge < -0.3 is 0 Å². The number of hydrogen-bond donors (Lipinski definition) is 2. The molecule has 0 saturated carbocycles. The van der Waals surface area contributed by atoms with Gasteiger partial charge in [-0.3, -0.25) is 19.7 Å². The summed E-state index contributed by atoms with van der Waals surface area (Å²) in [6.45, 7) is 1.82. The first-order valence-electron chi connectivity index (χ1n) is 8.21. The molecule has 2 aromatic carbocycles. The zero-order valence-electron chi connectivity index (χ0n) is 14.7. The summed E-state index contributed by atoms with van der Waals surface area (Å²) in [5, 5.41) is 5.83. The first-order valence-corrected chi connectivity index (χ1v) is 9.00. The average molecular weight is 443 g/mol. The molecule has 9 heteroatoms. The highest BCUT2D eigenvalue weighted by Crippen LogP contribution is 2.21. The van der Waals surface area contributed by atoms with Crippen molar-refractivity contribution >= 4 is 51.6 Å². The summed E-state index contributed by atoms with van der Waals surface area (Å²) >= 11 is 3.27. The van der Waals surface area contributed by atoms with Crippen LogP contribution in [-0.2, 0) is 9.59 Å². The van der Waals surface area contributed by atoms with Crippen molar-refractivity contribution < 1.29 is 19.2 Å². The minimum atomic E-state index is -1.34. The Hall–Kier alpha value is -3.33. The third-order valence-electron chi connectivity index (χ3n) is 3.96. The van der Waals surface area contributed by atoms with E-state index in [9.17, 15) is 19.2 Å². The van der Waals surface area contributed by atoms with Crippen molar-refractivity contribution in [3.8, 4) is 0 Å². The molecule has 0 radical (unpaired) electrons. The largest absolute Gasteiger partial charge is 0.335 e. The van der Waals surface area contributed by atoms with Gasteiger partial charge in [0, 0.05) is 16.3 Å². The highest BCUT2D eigenvalue weighted by Gasteiger charge is 2.40. The minimum absolute atomic E-state index is 0.340. The molecule has 5 amide bonds. The first-order chi connectivity index (χ1) is 13.4. The number of carbonyl (C=O) groups excluding carboxylic acids is 4. The minimum Gasteiger partial charge on any atom is -0.276 e. The Labute approximate surface area is 168 Å². The van der Waals surface area contributed by atoms with Crippen molar-refractivity contribution in [1.29, 1.82) is 0 Å². The molecule has 1 aliphatic rings. The molecule has 2 N–H and O–H groups in total. The number of hydrazone groups is 1. The van der Waals surface area contributed by atoms with Crippen LogP contribution in [0.5, 0.6) is 0 Å². The van der Waals surface area contributed by atoms with Crippen molar-refractivity contribution in [3.05, 3.63) is 64.1 Å². The van der Waals surface area contributed by atoms with Gasteiger partial charge in [-0.1, -0.05) is 28.1 Å². The lowest BCUT2D eigenvalue weighted by molar-refractivity contribution is -0.131. The number of amides is 5. The van der Waals surface area contributed by atoms with E-state index >= 15 is 0 Å². The molecule has 0 spiro atoms. The lowest BCUT2D eigenvalue weighted by Gasteiger charge is -2.28. The molecule has 28 heavy (non-hydrogen) atoms. The zero-order valence-corrected chi connectivity index (χ0v) is 16.3. The number of nitrogens with zero attached hydrogens (tertiary/aromatic N) is 2. The van der Waals surface area contributed by atoms with Gasteiger partial charge >= 0.3 is 6.03 Å². The molecule has 2 aromatic rings. The summed E-state index contributed by atoms with van der Waals surface area (Å²) in [6, 6.07) is 12.5. The summed E-state index contributed by atoms with van der Waals surface area (Å²) in [6.07, 6.45) is 1.00. The third kappa shape index (κ3) is 4.15. The van der Waals surface area contributed by atoms with Gasteiger partial charge in [-0.25, -0.2) is 15.1 Å². The molecule has 142 valence electrons. The quantitative estimate of drug-likeness (QED) is 0.430. The van der Waals surface area contributed by atoms with Crippen LogP contribution in [0.2, 0.25) is 0 Å². The van der Waals surface area contributed by atoms with Crippen LogP contribution in [0.1, 0.15) is 15.9 Å². The molecule has 1 atom stereocenters. The van der Waals surface area contributed by atoms with E-state index in [1.165, 1.54) is 0 Å². The fourth-order valence-electron chi connectivity index (χ4n) is 2.57. The Kier molecular flexibility index (Phi) is 5.65. The monoisotopic (exact) mass is 442 g/mol. The molecular weight excluding hydrogens is 428 g/mol. The van der Waals surface area contributed by atoms with Gasteiger partial charge in [0.25, 0.3) is 11.8 Å². The van der Waals surface area contributed by atoms with Crippen LogP contribution in [0, 0.1) is 12.8 Å². The molecule has 0 bridgehead atoms. The Morgan fingerprint density at radius 2 is 1.89 bits per heavy atom. The molecule has 0 aliphatic carbocycles. The number of benzene rings is 2. The number of imide groups is 2. The van der Waals surface area contributed by atoms with Crippen molar-refractivity contribution in [3.63, 3.8) is 0 Å². The van der Waals surface area contributed by atoms with Gasteiger partial charge in [0.15, 0.2) is 5.92 Å². The summed E-state index contributed by atoms with van der Waals surface area (Å²) < 4.78 is 0.818. The molecule has 8 nitrogen and oxygen atoms in total. The summed E-state index contributed by atoms with van der Waals surface area (Å²) in [5.41, 5.74) is 3.81. The maximum Gasteiger partial charge on any atom is 0.335 e. The Morgan fingerprint density at radius 3 is 2.57 bits per heavy atom. The number of urea groups is 1. The number of anilines is 1. The molecule has 1 aliphatic heterocycles. The van der Waals surface area contributed by atoms with Crippen LogP contribution in [0.15, 0.2) is 58.1 Å². The number of barbiturate groups is 1. The smallest absolute Gasteiger partial charge is 0.276 e. The van der Waals surface area contributed by atoms with E-state index in [-0.39, 0.29) is 0 Å². The SMILES string of the molecule is Cc1cccc(N2C(=O)NC(=O)[C@H](/C=N\NC(=O)c3ccc(Br)cc3)C2=O)c1. The van der Waals surface area contributed by atoms with E-state index in [1.54, 1.807) is 42.5 Å². The molecular formula is C19H15BrN4O4. The summed E-state index contributed by atoms with van der Waals surface area (Å²) in [5.74, 6) is -3.40. The predicted molar refractivity (Wildman–Crippen MR) is 106 cm³/mol. The van der Waals surface area contributed by atoms with Gasteiger partial charge in [0.05, 0.1) is 5.69 Å². The fourth-order valence-corrected chi connectivity index (χ4v) is 2.83. The molecule has 0 aromatic heterocycles. The normalized spacial score (nSPS) is 17.0. The van der Waals surface area contributed by atoms with Crippen molar-refractivity contribution in [1.82, 2.24) is 10.7 Å². The zero-order chi connectivity index (χ0) is 20.3. The first kappa shape index (κ1) is 19.4. The van der Waals surface area contributed by atoms with Gasteiger partial charge in [-0.05, 0) is 48.9 Å². The van der Waals surface area contributed by atoms with E-state index in [4.69, 9.17) is 0 Å². The van der Waals surface area contributed by atoms with Crippen LogP contribution >= 0.6 is 15.9 Å². The van der Waals surface area contributed by atoms with Crippen LogP contribution in [-0.4, -0.2) is 30.0 Å². The number of rotatable bonds is 4. The average Bonchev–Trinajstić information content (AvgIpc) is 2.64. The van der Waals surface area contributed by atoms with Gasteiger partial charge in [0.1, 0.15) is 0 Å². The molecule has 0 unspecified atom stereocenters. The molecule has 3 rings (SSSR count).